The van der Waals surface area contributed by atoms with Crippen molar-refractivity contribution in [2.75, 3.05) is 0 Å². The predicted molar refractivity (Wildman–Crippen MR) is 84.7 cm³/mol. The first-order valence-corrected chi connectivity index (χ1v) is 8.03. The van der Waals surface area contributed by atoms with Crippen LogP contribution in [-0.2, 0) is 6.42 Å². The molecule has 0 fully saturated rings. The monoisotopic (exact) mass is 278 g/mol. The molecule has 114 valence electrons. The molecule has 1 aromatic carbocycles. The summed E-state index contributed by atoms with van der Waals surface area (Å²) < 4.78 is 0. The Morgan fingerprint density at radius 2 is 1.70 bits per heavy atom. The maximum Gasteiger partial charge on any atom is 0.0596 e. The normalized spacial score (nSPS) is 15.8. The zero-order valence-electron chi connectivity index (χ0n) is 13.0. The van der Waals surface area contributed by atoms with Gasteiger partial charge in [-0.05, 0) is 37.7 Å². The van der Waals surface area contributed by atoms with Crippen molar-refractivity contribution in [3.05, 3.63) is 35.9 Å². The van der Waals surface area contributed by atoms with Gasteiger partial charge in [0.1, 0.15) is 0 Å². The highest BCUT2D eigenvalue weighted by Gasteiger charge is 2.20. The lowest BCUT2D eigenvalue weighted by atomic mass is 9.86. The van der Waals surface area contributed by atoms with Gasteiger partial charge in [0.15, 0.2) is 0 Å². The fraction of sp³-hybridized carbons (Fsp3) is 0.667. The average Bonchev–Trinajstić information content (AvgIpc) is 2.42. The van der Waals surface area contributed by atoms with Gasteiger partial charge in [-0.1, -0.05) is 62.9 Å². The lowest BCUT2D eigenvalue weighted by molar-refractivity contribution is 0.0462. The van der Waals surface area contributed by atoms with Crippen LogP contribution < -0.4 is 0 Å². The van der Waals surface area contributed by atoms with Gasteiger partial charge >= 0.3 is 0 Å². The van der Waals surface area contributed by atoms with Crippen molar-refractivity contribution in [3.63, 3.8) is 0 Å². The number of benzene rings is 1. The molecule has 20 heavy (non-hydrogen) atoms. The standard InChI is InChI=1S/C18H30O2/c1-3-4-5-9-12-17(18(20)13-15(2)19)14-16-10-7-6-8-11-16/h6-8,10-11,15,17-20H,3-5,9,12-14H2,1-2H3/t15-,17+,18+/m1/s1. The number of unbranched alkanes of at least 4 members (excludes halogenated alkanes) is 3. The van der Waals surface area contributed by atoms with E-state index in [1.807, 2.05) is 18.2 Å². The molecule has 0 heterocycles. The van der Waals surface area contributed by atoms with E-state index in [4.69, 9.17) is 0 Å². The highest BCUT2D eigenvalue weighted by atomic mass is 16.3. The van der Waals surface area contributed by atoms with E-state index in [0.29, 0.717) is 6.42 Å². The summed E-state index contributed by atoms with van der Waals surface area (Å²) in [6, 6.07) is 10.4. The van der Waals surface area contributed by atoms with Crippen molar-refractivity contribution in [1.82, 2.24) is 0 Å². The molecule has 2 nitrogen and oxygen atoms in total. The van der Waals surface area contributed by atoms with Crippen molar-refractivity contribution < 1.29 is 10.2 Å². The molecule has 0 saturated heterocycles. The molecule has 1 rings (SSSR count). The summed E-state index contributed by atoms with van der Waals surface area (Å²) in [4.78, 5) is 0. The maximum absolute atomic E-state index is 10.3. The zero-order valence-corrected chi connectivity index (χ0v) is 13.0. The smallest absolute Gasteiger partial charge is 0.0596 e. The fourth-order valence-corrected chi connectivity index (χ4v) is 2.72. The lowest BCUT2D eigenvalue weighted by Gasteiger charge is -2.24. The second-order valence-electron chi connectivity index (χ2n) is 5.95. The Hall–Kier alpha value is -0.860. The minimum atomic E-state index is -0.432. The molecule has 1 aromatic rings. The van der Waals surface area contributed by atoms with Crippen molar-refractivity contribution in [3.8, 4) is 0 Å². The molecule has 0 bridgehead atoms. The average molecular weight is 278 g/mol. The van der Waals surface area contributed by atoms with E-state index >= 15 is 0 Å². The first-order valence-electron chi connectivity index (χ1n) is 8.03. The first kappa shape index (κ1) is 17.2. The van der Waals surface area contributed by atoms with E-state index in [-0.39, 0.29) is 5.92 Å². The number of hydrogen-bond donors (Lipinski definition) is 2. The molecule has 0 saturated carbocycles. The van der Waals surface area contributed by atoms with Gasteiger partial charge in [-0.25, -0.2) is 0 Å². The molecule has 0 radical (unpaired) electrons. The van der Waals surface area contributed by atoms with Crippen LogP contribution in [0.15, 0.2) is 30.3 Å². The number of aliphatic hydroxyl groups excluding tert-OH is 2. The number of aliphatic hydroxyl groups is 2. The lowest BCUT2D eigenvalue weighted by Crippen LogP contribution is -2.26. The van der Waals surface area contributed by atoms with Gasteiger partial charge in [-0.3, -0.25) is 0 Å². The Balaban J connectivity index is 2.53. The molecule has 2 N–H and O–H groups in total. The molecule has 0 aliphatic carbocycles. The van der Waals surface area contributed by atoms with E-state index in [0.717, 1.165) is 12.8 Å². The van der Waals surface area contributed by atoms with Gasteiger partial charge in [0, 0.05) is 0 Å². The van der Waals surface area contributed by atoms with E-state index in [1.54, 1.807) is 6.92 Å². The largest absolute Gasteiger partial charge is 0.393 e. The van der Waals surface area contributed by atoms with Gasteiger partial charge in [0.05, 0.1) is 12.2 Å². The molecule has 0 amide bonds. The first-order chi connectivity index (χ1) is 9.63. The molecule has 0 aliphatic rings. The number of hydrogen-bond acceptors (Lipinski definition) is 2. The van der Waals surface area contributed by atoms with Gasteiger partial charge in [0.2, 0.25) is 0 Å². The molecule has 0 spiro atoms. The molecular formula is C18H30O2. The molecule has 0 unspecified atom stereocenters. The van der Waals surface area contributed by atoms with Crippen molar-refractivity contribution in [2.24, 2.45) is 5.92 Å². The van der Waals surface area contributed by atoms with Crippen molar-refractivity contribution in [2.45, 2.75) is 71.0 Å². The quantitative estimate of drug-likeness (QED) is 0.636. The summed E-state index contributed by atoms with van der Waals surface area (Å²) in [5.41, 5.74) is 1.28. The third-order valence-corrected chi connectivity index (χ3v) is 3.90. The SMILES string of the molecule is CCCCCC[C@@H](Cc1ccccc1)[C@@H](O)C[C@@H](C)O. The summed E-state index contributed by atoms with van der Waals surface area (Å²) in [6.45, 7) is 3.96. The molecule has 2 heteroatoms. The van der Waals surface area contributed by atoms with E-state index < -0.39 is 12.2 Å². The molecule has 3 atom stereocenters. The van der Waals surface area contributed by atoms with Crippen LogP contribution in [-0.4, -0.2) is 22.4 Å². The van der Waals surface area contributed by atoms with E-state index in [1.165, 1.54) is 31.2 Å². The molecular weight excluding hydrogens is 248 g/mol. The fourth-order valence-electron chi connectivity index (χ4n) is 2.72. The second kappa shape index (κ2) is 9.95. The van der Waals surface area contributed by atoms with Crippen LogP contribution in [0.2, 0.25) is 0 Å². The summed E-state index contributed by atoms with van der Waals surface area (Å²) in [6.07, 6.45) is 6.50. The van der Waals surface area contributed by atoms with E-state index in [2.05, 4.69) is 19.1 Å². The van der Waals surface area contributed by atoms with Crippen LogP contribution in [0.3, 0.4) is 0 Å². The summed E-state index contributed by atoms with van der Waals surface area (Å²) in [7, 11) is 0. The van der Waals surface area contributed by atoms with E-state index in [9.17, 15) is 10.2 Å². The molecule has 0 aromatic heterocycles. The van der Waals surface area contributed by atoms with Gasteiger partial charge in [-0.2, -0.15) is 0 Å². The van der Waals surface area contributed by atoms with Gasteiger partial charge in [-0.15, -0.1) is 0 Å². The third kappa shape index (κ3) is 7.06. The van der Waals surface area contributed by atoms with Crippen LogP contribution in [0.4, 0.5) is 0 Å². The minimum Gasteiger partial charge on any atom is -0.393 e. The Labute approximate surface area is 123 Å². The summed E-state index contributed by atoms with van der Waals surface area (Å²) in [5, 5.41) is 19.8. The number of rotatable bonds is 10. The van der Waals surface area contributed by atoms with Crippen LogP contribution in [0.25, 0.3) is 0 Å². The third-order valence-electron chi connectivity index (χ3n) is 3.90. The van der Waals surface area contributed by atoms with Crippen LogP contribution in [0.5, 0.6) is 0 Å². The Morgan fingerprint density at radius 3 is 2.30 bits per heavy atom. The Bertz CT molecular complexity index is 335. The Morgan fingerprint density at radius 1 is 1.00 bits per heavy atom. The zero-order chi connectivity index (χ0) is 14.8. The van der Waals surface area contributed by atoms with Crippen molar-refractivity contribution in [1.29, 1.82) is 0 Å². The maximum atomic E-state index is 10.3. The highest BCUT2D eigenvalue weighted by Crippen LogP contribution is 2.22. The topological polar surface area (TPSA) is 40.5 Å². The highest BCUT2D eigenvalue weighted by molar-refractivity contribution is 5.15. The second-order valence-corrected chi connectivity index (χ2v) is 5.95. The van der Waals surface area contributed by atoms with Gasteiger partial charge in [0.25, 0.3) is 0 Å². The van der Waals surface area contributed by atoms with Gasteiger partial charge < -0.3 is 10.2 Å². The van der Waals surface area contributed by atoms with Crippen LogP contribution in [0.1, 0.15) is 57.9 Å². The summed E-state index contributed by atoms with van der Waals surface area (Å²) >= 11 is 0. The predicted octanol–water partition coefficient (Wildman–Crippen LogP) is 3.95. The Kier molecular flexibility index (Phi) is 8.56. The van der Waals surface area contributed by atoms with Crippen LogP contribution >= 0.6 is 0 Å². The summed E-state index contributed by atoms with van der Waals surface area (Å²) in [5.74, 6) is 0.254. The minimum absolute atomic E-state index is 0.254. The van der Waals surface area contributed by atoms with Crippen LogP contribution in [0, 0.1) is 5.92 Å². The molecule has 0 aliphatic heterocycles. The van der Waals surface area contributed by atoms with Crippen molar-refractivity contribution >= 4 is 0 Å².